The number of nitrogens with zero attached hydrogens (tertiary/aromatic N) is 2. The number of rotatable bonds is 9. The average Bonchev–Trinajstić information content (AvgIpc) is 3.22. The first kappa shape index (κ1) is 21.4. The highest BCUT2D eigenvalue weighted by Crippen LogP contribution is 2.26. The lowest BCUT2D eigenvalue weighted by Gasteiger charge is -2.11. The summed E-state index contributed by atoms with van der Waals surface area (Å²) in [6, 6.07) is 14.7. The molecule has 0 fully saturated rings. The maximum absolute atomic E-state index is 12.3. The van der Waals surface area contributed by atoms with Crippen LogP contribution in [-0.4, -0.2) is 46.9 Å². The number of carbonyl (C=O) groups excluding carboxylic acids is 1. The number of carbonyl (C=O) groups is 1. The van der Waals surface area contributed by atoms with Gasteiger partial charge in [0.15, 0.2) is 6.61 Å². The molecule has 0 saturated heterocycles. The molecule has 4 rings (SSSR count). The summed E-state index contributed by atoms with van der Waals surface area (Å²) in [5.74, 6) is 0.300. The summed E-state index contributed by atoms with van der Waals surface area (Å²) < 4.78 is 14.3. The average molecular weight is 436 g/mol. The van der Waals surface area contributed by atoms with E-state index in [1.807, 2.05) is 30.5 Å². The van der Waals surface area contributed by atoms with Crippen molar-refractivity contribution in [2.75, 3.05) is 26.9 Å². The Morgan fingerprint density at radius 2 is 1.84 bits per heavy atom. The van der Waals surface area contributed by atoms with Crippen LogP contribution in [0.2, 0.25) is 0 Å². The van der Waals surface area contributed by atoms with Crippen molar-refractivity contribution in [3.05, 3.63) is 75.4 Å². The minimum absolute atomic E-state index is 0.159. The van der Waals surface area contributed by atoms with E-state index in [-0.39, 0.29) is 25.6 Å². The third-order valence-corrected chi connectivity index (χ3v) is 5.21. The van der Waals surface area contributed by atoms with Crippen molar-refractivity contribution in [1.82, 2.24) is 19.4 Å². The zero-order chi connectivity index (χ0) is 22.5. The molecule has 0 aliphatic rings. The number of nitrogens with one attached hydrogen (secondary N) is 2. The van der Waals surface area contributed by atoms with E-state index in [2.05, 4.69) is 14.9 Å². The standard InChI is InChI=1S/C23H24N4O5/c1-31-14-13-26-11-9-16-18(26)7-4-8-20(16)32-15-21(28)24-10-12-27-19-6-3-2-5-17(19)25-22(29)23(27)30/h2-9,11H,10,12-15H2,1H3,(H,24,28)(H,25,29). The van der Waals surface area contributed by atoms with E-state index in [0.717, 1.165) is 17.4 Å². The lowest BCUT2D eigenvalue weighted by molar-refractivity contribution is -0.123. The van der Waals surface area contributed by atoms with Gasteiger partial charge in [0.2, 0.25) is 0 Å². The Bertz CT molecular complexity index is 1370. The molecule has 4 aromatic rings. The number of hydrogen-bond donors (Lipinski definition) is 2. The molecule has 166 valence electrons. The summed E-state index contributed by atoms with van der Waals surface area (Å²) in [4.78, 5) is 39.0. The Kier molecular flexibility index (Phi) is 6.37. The number of aromatic nitrogens is 3. The zero-order valence-electron chi connectivity index (χ0n) is 17.7. The van der Waals surface area contributed by atoms with Gasteiger partial charge in [-0.25, -0.2) is 0 Å². The van der Waals surface area contributed by atoms with Gasteiger partial charge in [0, 0.05) is 38.3 Å². The monoisotopic (exact) mass is 436 g/mol. The fraction of sp³-hybridized carbons (Fsp3) is 0.261. The van der Waals surface area contributed by atoms with E-state index in [1.165, 1.54) is 4.57 Å². The molecule has 0 saturated carbocycles. The summed E-state index contributed by atoms with van der Waals surface area (Å²) in [7, 11) is 1.66. The zero-order valence-corrected chi connectivity index (χ0v) is 17.7. The molecule has 0 aliphatic carbocycles. The third kappa shape index (κ3) is 4.42. The maximum atomic E-state index is 12.3. The Hall–Kier alpha value is -3.85. The summed E-state index contributed by atoms with van der Waals surface area (Å²) in [6.45, 7) is 1.52. The number of amides is 1. The molecular weight excluding hydrogens is 412 g/mol. The van der Waals surface area contributed by atoms with Crippen LogP contribution in [0.3, 0.4) is 0 Å². The van der Waals surface area contributed by atoms with Gasteiger partial charge in [-0.15, -0.1) is 0 Å². The largest absolute Gasteiger partial charge is 0.483 e. The van der Waals surface area contributed by atoms with Gasteiger partial charge in [0.05, 0.1) is 23.2 Å². The van der Waals surface area contributed by atoms with Crippen molar-refractivity contribution in [3.8, 4) is 5.75 Å². The number of para-hydroxylation sites is 2. The van der Waals surface area contributed by atoms with Crippen LogP contribution in [0.25, 0.3) is 21.9 Å². The second-order valence-electron chi connectivity index (χ2n) is 7.26. The number of benzene rings is 2. The van der Waals surface area contributed by atoms with E-state index in [0.29, 0.717) is 23.4 Å². The first-order valence-corrected chi connectivity index (χ1v) is 10.3. The first-order chi connectivity index (χ1) is 15.6. The molecule has 0 aliphatic heterocycles. The second kappa shape index (κ2) is 9.52. The summed E-state index contributed by atoms with van der Waals surface area (Å²) >= 11 is 0. The molecule has 9 heteroatoms. The van der Waals surface area contributed by atoms with Gasteiger partial charge in [-0.2, -0.15) is 0 Å². The lowest BCUT2D eigenvalue weighted by atomic mass is 10.2. The van der Waals surface area contributed by atoms with Crippen LogP contribution >= 0.6 is 0 Å². The molecule has 2 aromatic carbocycles. The summed E-state index contributed by atoms with van der Waals surface area (Å²) in [5, 5.41) is 3.65. The molecule has 2 aromatic heterocycles. The normalized spacial score (nSPS) is 11.2. The molecule has 32 heavy (non-hydrogen) atoms. The fourth-order valence-corrected chi connectivity index (χ4v) is 3.65. The van der Waals surface area contributed by atoms with Gasteiger partial charge in [-0.05, 0) is 30.3 Å². The number of hydrogen-bond acceptors (Lipinski definition) is 5. The Labute approximate surface area is 183 Å². The SMILES string of the molecule is COCCn1ccc2c(OCC(=O)NCCn3c(=O)c(=O)[nH]c4ccccc43)cccc21. The lowest BCUT2D eigenvalue weighted by Crippen LogP contribution is -2.39. The van der Waals surface area contributed by atoms with Gasteiger partial charge >= 0.3 is 11.1 Å². The minimum Gasteiger partial charge on any atom is -0.483 e. The van der Waals surface area contributed by atoms with E-state index in [9.17, 15) is 14.4 Å². The van der Waals surface area contributed by atoms with Crippen LogP contribution in [0, 0.1) is 0 Å². The molecule has 0 atom stereocenters. The minimum atomic E-state index is -0.691. The van der Waals surface area contributed by atoms with E-state index >= 15 is 0 Å². The van der Waals surface area contributed by atoms with E-state index < -0.39 is 11.1 Å². The predicted octanol–water partition coefficient (Wildman–Crippen LogP) is 1.49. The van der Waals surface area contributed by atoms with Crippen molar-refractivity contribution >= 4 is 27.8 Å². The van der Waals surface area contributed by atoms with Crippen LogP contribution in [0.15, 0.2) is 64.3 Å². The predicted molar refractivity (Wildman–Crippen MR) is 121 cm³/mol. The summed E-state index contributed by atoms with van der Waals surface area (Å²) in [5.41, 5.74) is 0.827. The quantitative estimate of drug-likeness (QED) is 0.387. The highest BCUT2D eigenvalue weighted by atomic mass is 16.5. The number of fused-ring (bicyclic) bond motifs is 2. The fourth-order valence-electron chi connectivity index (χ4n) is 3.65. The molecule has 9 nitrogen and oxygen atoms in total. The topological polar surface area (TPSA) is 107 Å². The van der Waals surface area contributed by atoms with Crippen molar-refractivity contribution in [2.24, 2.45) is 0 Å². The Balaban J connectivity index is 1.37. The van der Waals surface area contributed by atoms with Gasteiger partial charge in [0.25, 0.3) is 5.91 Å². The van der Waals surface area contributed by atoms with Crippen LogP contribution in [-0.2, 0) is 22.6 Å². The van der Waals surface area contributed by atoms with Crippen molar-refractivity contribution in [2.45, 2.75) is 13.1 Å². The number of aromatic amines is 1. The van der Waals surface area contributed by atoms with E-state index in [4.69, 9.17) is 9.47 Å². The van der Waals surface area contributed by atoms with Crippen molar-refractivity contribution < 1.29 is 14.3 Å². The maximum Gasteiger partial charge on any atom is 0.316 e. The first-order valence-electron chi connectivity index (χ1n) is 10.3. The third-order valence-electron chi connectivity index (χ3n) is 5.21. The highest BCUT2D eigenvalue weighted by molar-refractivity contribution is 5.87. The number of methoxy groups -OCH3 is 1. The van der Waals surface area contributed by atoms with Gasteiger partial charge in [-0.3, -0.25) is 14.4 Å². The van der Waals surface area contributed by atoms with Gasteiger partial charge in [0.1, 0.15) is 5.75 Å². The smallest absolute Gasteiger partial charge is 0.316 e. The van der Waals surface area contributed by atoms with Gasteiger partial charge in [-0.1, -0.05) is 18.2 Å². The van der Waals surface area contributed by atoms with Crippen molar-refractivity contribution in [3.63, 3.8) is 0 Å². The molecule has 2 heterocycles. The Morgan fingerprint density at radius 1 is 1.03 bits per heavy atom. The summed E-state index contributed by atoms with van der Waals surface area (Å²) in [6.07, 6.45) is 1.96. The van der Waals surface area contributed by atoms with Crippen LogP contribution in [0.1, 0.15) is 0 Å². The van der Waals surface area contributed by atoms with Gasteiger partial charge < -0.3 is 28.9 Å². The molecule has 0 radical (unpaired) electrons. The molecule has 0 bridgehead atoms. The van der Waals surface area contributed by atoms with Crippen molar-refractivity contribution in [1.29, 1.82) is 0 Å². The molecule has 1 amide bonds. The number of H-pyrrole nitrogens is 1. The second-order valence-corrected chi connectivity index (χ2v) is 7.26. The van der Waals surface area contributed by atoms with Crippen LogP contribution in [0.5, 0.6) is 5.75 Å². The molecule has 0 unspecified atom stereocenters. The van der Waals surface area contributed by atoms with Crippen LogP contribution in [0.4, 0.5) is 0 Å². The molecule has 2 N–H and O–H groups in total. The molecular formula is C23H24N4O5. The van der Waals surface area contributed by atoms with Crippen LogP contribution < -0.4 is 21.2 Å². The highest BCUT2D eigenvalue weighted by Gasteiger charge is 2.10. The molecule has 0 spiro atoms. The number of ether oxygens (including phenoxy) is 2. The Morgan fingerprint density at radius 3 is 2.69 bits per heavy atom. The van der Waals surface area contributed by atoms with E-state index in [1.54, 1.807) is 31.4 Å².